The molecule has 6 nitrogen and oxygen atoms in total. The van der Waals surface area contributed by atoms with Crippen LogP contribution in [-0.2, 0) is 21.2 Å². The molecule has 1 amide bonds. The van der Waals surface area contributed by atoms with E-state index in [0.717, 1.165) is 23.1 Å². The lowest BCUT2D eigenvalue weighted by Gasteiger charge is -2.35. The zero-order valence-corrected chi connectivity index (χ0v) is 17.2. The van der Waals surface area contributed by atoms with Crippen LogP contribution >= 0.6 is 0 Å². The van der Waals surface area contributed by atoms with Gasteiger partial charge in [0, 0.05) is 12.2 Å². The maximum atomic E-state index is 13.4. The second-order valence-corrected chi connectivity index (χ2v) is 9.55. The third-order valence-corrected chi connectivity index (χ3v) is 7.83. The highest BCUT2D eigenvalue weighted by molar-refractivity contribution is 7.89. The number of nitrogens with zero attached hydrogens (tertiary/aromatic N) is 2. The second kappa shape index (κ2) is 7.85. The fraction of sp³-hybridized carbons (Fsp3) is 0.381. The molecule has 2 heterocycles. The number of benzene rings is 2. The summed E-state index contributed by atoms with van der Waals surface area (Å²) >= 11 is 0. The maximum Gasteiger partial charge on any atom is 0.284 e. The first-order chi connectivity index (χ1) is 13.9. The Morgan fingerprint density at radius 3 is 2.52 bits per heavy atom. The van der Waals surface area contributed by atoms with Crippen molar-refractivity contribution in [3.8, 4) is 0 Å². The third-order valence-electron chi connectivity index (χ3n) is 5.93. The minimum Gasteiger partial charge on any atom is -0.323 e. The number of anilines is 1. The Morgan fingerprint density at radius 1 is 1.07 bits per heavy atom. The number of fused-ring (bicyclic) bond motifs is 1. The van der Waals surface area contributed by atoms with Crippen LogP contribution in [0.2, 0.25) is 0 Å². The number of hydrogen-bond donors (Lipinski definition) is 1. The van der Waals surface area contributed by atoms with Crippen molar-refractivity contribution in [3.63, 3.8) is 0 Å². The molecular formula is C21H25FN3O3S+. The van der Waals surface area contributed by atoms with Crippen LogP contribution in [0.5, 0.6) is 0 Å². The summed E-state index contributed by atoms with van der Waals surface area (Å²) in [4.78, 5) is 16.0. The molecule has 0 aliphatic carbocycles. The van der Waals surface area contributed by atoms with E-state index in [4.69, 9.17) is 0 Å². The normalized spacial score (nSPS) is 19.2. The average Bonchev–Trinajstić information content (AvgIpc) is 3.17. The quantitative estimate of drug-likeness (QED) is 0.795. The van der Waals surface area contributed by atoms with Crippen LogP contribution in [0.4, 0.5) is 10.1 Å². The standard InChI is InChI=1S/C21H24FN3O3S/c1-16(21(26)25-10-9-17-5-2-3-8-20(17)25)23-11-13-24(14-12-23)29(27,28)19-7-4-6-18(22)15-19/h2-8,15-16H,9-14H2,1H3/p+1/t16-/m0/s1. The molecule has 0 saturated carbocycles. The molecule has 154 valence electrons. The average molecular weight is 419 g/mol. The van der Waals surface area contributed by atoms with Gasteiger partial charge in [-0.05, 0) is 43.2 Å². The Kier molecular flexibility index (Phi) is 5.42. The molecule has 1 atom stereocenters. The molecule has 29 heavy (non-hydrogen) atoms. The van der Waals surface area contributed by atoms with Crippen molar-refractivity contribution in [2.45, 2.75) is 24.3 Å². The molecule has 2 aromatic rings. The van der Waals surface area contributed by atoms with Crippen LogP contribution in [0, 0.1) is 5.82 Å². The number of amides is 1. The van der Waals surface area contributed by atoms with Crippen molar-refractivity contribution < 1.29 is 22.5 Å². The molecule has 2 aliphatic heterocycles. The van der Waals surface area contributed by atoms with Gasteiger partial charge in [-0.1, -0.05) is 24.3 Å². The summed E-state index contributed by atoms with van der Waals surface area (Å²) in [5, 5.41) is 0. The first-order valence-corrected chi connectivity index (χ1v) is 11.3. The number of nitrogens with one attached hydrogen (secondary N) is 1. The molecular weight excluding hydrogens is 393 g/mol. The monoisotopic (exact) mass is 418 g/mol. The topological polar surface area (TPSA) is 62.1 Å². The zero-order valence-electron chi connectivity index (χ0n) is 16.3. The highest BCUT2D eigenvalue weighted by Gasteiger charge is 2.37. The van der Waals surface area contributed by atoms with Crippen molar-refractivity contribution in [1.82, 2.24) is 4.31 Å². The molecule has 4 rings (SSSR count). The lowest BCUT2D eigenvalue weighted by atomic mass is 10.1. The van der Waals surface area contributed by atoms with Crippen LogP contribution in [-0.4, -0.2) is 57.4 Å². The smallest absolute Gasteiger partial charge is 0.284 e. The predicted molar refractivity (Wildman–Crippen MR) is 108 cm³/mol. The summed E-state index contributed by atoms with van der Waals surface area (Å²) in [5.41, 5.74) is 2.17. The fourth-order valence-electron chi connectivity index (χ4n) is 4.20. The predicted octanol–water partition coefficient (Wildman–Crippen LogP) is 0.693. The summed E-state index contributed by atoms with van der Waals surface area (Å²) in [6.07, 6.45) is 0.865. The van der Waals surface area contributed by atoms with Crippen LogP contribution in [0.25, 0.3) is 0 Å². The van der Waals surface area contributed by atoms with Crippen molar-refractivity contribution >= 4 is 21.6 Å². The van der Waals surface area contributed by atoms with E-state index in [1.165, 1.54) is 28.1 Å². The fourth-order valence-corrected chi connectivity index (χ4v) is 5.67. The van der Waals surface area contributed by atoms with Gasteiger partial charge in [-0.3, -0.25) is 4.79 Å². The first-order valence-electron chi connectivity index (χ1n) is 9.87. The molecule has 0 spiro atoms. The van der Waals surface area contributed by atoms with Gasteiger partial charge in [0.15, 0.2) is 6.04 Å². The number of carbonyl (C=O) groups is 1. The van der Waals surface area contributed by atoms with Gasteiger partial charge in [-0.2, -0.15) is 4.31 Å². The van der Waals surface area contributed by atoms with Gasteiger partial charge in [0.1, 0.15) is 5.82 Å². The molecule has 2 aliphatic rings. The third kappa shape index (κ3) is 3.80. The van der Waals surface area contributed by atoms with Crippen LogP contribution < -0.4 is 9.80 Å². The van der Waals surface area contributed by atoms with Crippen molar-refractivity contribution in [1.29, 1.82) is 0 Å². The van der Waals surface area contributed by atoms with E-state index in [0.29, 0.717) is 32.7 Å². The lowest BCUT2D eigenvalue weighted by molar-refractivity contribution is -0.917. The molecule has 0 bridgehead atoms. The van der Waals surface area contributed by atoms with Crippen molar-refractivity contribution in [3.05, 3.63) is 59.9 Å². The van der Waals surface area contributed by atoms with Crippen LogP contribution in [0.3, 0.4) is 0 Å². The Bertz CT molecular complexity index is 1020. The van der Waals surface area contributed by atoms with E-state index in [1.807, 2.05) is 30.0 Å². The van der Waals surface area contributed by atoms with E-state index in [9.17, 15) is 17.6 Å². The van der Waals surface area contributed by atoms with E-state index >= 15 is 0 Å². The number of piperazine rings is 1. The molecule has 8 heteroatoms. The van der Waals surface area contributed by atoms with E-state index in [-0.39, 0.29) is 16.8 Å². The molecule has 1 fully saturated rings. The van der Waals surface area contributed by atoms with Crippen LogP contribution in [0.1, 0.15) is 12.5 Å². The molecule has 2 aromatic carbocycles. The van der Waals surface area contributed by atoms with Crippen molar-refractivity contribution in [2.24, 2.45) is 0 Å². The van der Waals surface area contributed by atoms with E-state index in [2.05, 4.69) is 6.07 Å². The minimum absolute atomic E-state index is 0.0289. The number of sulfonamides is 1. The number of hydrogen-bond acceptors (Lipinski definition) is 3. The number of rotatable bonds is 4. The highest BCUT2D eigenvalue weighted by Crippen LogP contribution is 2.27. The molecule has 1 N–H and O–H groups in total. The van der Waals surface area contributed by atoms with Gasteiger partial charge in [-0.15, -0.1) is 0 Å². The summed E-state index contributed by atoms with van der Waals surface area (Å²) in [6, 6.07) is 12.8. The summed E-state index contributed by atoms with van der Waals surface area (Å²) in [6.45, 7) is 4.30. The molecule has 0 unspecified atom stereocenters. The number of quaternary nitrogens is 1. The number of halogens is 1. The van der Waals surface area contributed by atoms with Crippen molar-refractivity contribution in [2.75, 3.05) is 37.6 Å². The molecule has 0 radical (unpaired) electrons. The molecule has 1 saturated heterocycles. The van der Waals surface area contributed by atoms with Crippen LogP contribution in [0.15, 0.2) is 53.4 Å². The number of para-hydroxylation sites is 1. The summed E-state index contributed by atoms with van der Waals surface area (Å²) < 4.78 is 40.4. The first kappa shape index (κ1) is 20.0. The van der Waals surface area contributed by atoms with Gasteiger partial charge < -0.3 is 9.80 Å². The van der Waals surface area contributed by atoms with Gasteiger partial charge in [-0.25, -0.2) is 12.8 Å². The summed E-state index contributed by atoms with van der Waals surface area (Å²) in [7, 11) is -3.72. The minimum atomic E-state index is -3.72. The van der Waals surface area contributed by atoms with E-state index < -0.39 is 15.8 Å². The SMILES string of the molecule is C[C@@H](C(=O)N1CCc2ccccc21)[NH+]1CCN(S(=O)(=O)c2cccc(F)c2)CC1. The van der Waals surface area contributed by atoms with Gasteiger partial charge >= 0.3 is 0 Å². The highest BCUT2D eigenvalue weighted by atomic mass is 32.2. The Morgan fingerprint density at radius 2 is 1.79 bits per heavy atom. The molecule has 0 aromatic heterocycles. The Labute approximate surface area is 170 Å². The van der Waals surface area contributed by atoms with E-state index in [1.54, 1.807) is 0 Å². The second-order valence-electron chi connectivity index (χ2n) is 7.61. The Hall–Kier alpha value is -2.29. The lowest BCUT2D eigenvalue weighted by Crippen LogP contribution is -3.19. The zero-order chi connectivity index (χ0) is 20.6. The van der Waals surface area contributed by atoms with Gasteiger partial charge in [0.05, 0.1) is 31.1 Å². The Balaban J connectivity index is 1.41. The number of carbonyl (C=O) groups excluding carboxylic acids is 1. The van der Waals surface area contributed by atoms with Gasteiger partial charge in [0.2, 0.25) is 10.0 Å². The summed E-state index contributed by atoms with van der Waals surface area (Å²) in [5.74, 6) is -0.494. The largest absolute Gasteiger partial charge is 0.323 e. The van der Waals surface area contributed by atoms with Gasteiger partial charge in [0.25, 0.3) is 5.91 Å². The maximum absolute atomic E-state index is 13.4.